The third-order valence-corrected chi connectivity index (χ3v) is 9.55. The highest BCUT2D eigenvalue weighted by molar-refractivity contribution is 5.61. The van der Waals surface area contributed by atoms with Gasteiger partial charge in [0.25, 0.3) is 5.09 Å². The van der Waals surface area contributed by atoms with Crippen LogP contribution in [0.1, 0.15) is 36.3 Å². The molecule has 3 aromatic carbocycles. The maximum Gasteiger partial charge on any atom is 0.508 e. The maximum atomic E-state index is 13.8. The molecule has 3 aliphatic rings. The Hall–Kier alpha value is -4.86. The van der Waals surface area contributed by atoms with Crippen molar-refractivity contribution in [3.8, 4) is 11.5 Å². The summed E-state index contributed by atoms with van der Waals surface area (Å²) in [5, 5.41) is 12.9. The molecule has 53 heavy (non-hydrogen) atoms. The van der Waals surface area contributed by atoms with Gasteiger partial charge in [0, 0.05) is 64.3 Å². The topological polar surface area (TPSA) is 143 Å². The van der Waals surface area contributed by atoms with Crippen molar-refractivity contribution >= 4 is 17.5 Å². The van der Waals surface area contributed by atoms with Crippen LogP contribution in [-0.4, -0.2) is 102 Å². The van der Waals surface area contributed by atoms with Crippen molar-refractivity contribution < 1.29 is 47.5 Å². The molecule has 0 amide bonds. The zero-order chi connectivity index (χ0) is 37.0. The third-order valence-electron chi connectivity index (χ3n) is 9.55. The highest BCUT2D eigenvalue weighted by Crippen LogP contribution is 2.35. The summed E-state index contributed by atoms with van der Waals surface area (Å²) in [5.74, 6) is 0.926. The van der Waals surface area contributed by atoms with Crippen molar-refractivity contribution in [1.82, 2.24) is 5.32 Å². The second kappa shape index (κ2) is 18.8. The molecule has 0 saturated carbocycles. The average Bonchev–Trinajstić information content (AvgIpc) is 3.63. The molecule has 4 unspecified atom stereocenters. The van der Waals surface area contributed by atoms with Crippen LogP contribution in [0.5, 0.6) is 11.5 Å². The Morgan fingerprint density at radius 3 is 2.68 bits per heavy atom. The molecule has 3 aliphatic heterocycles. The van der Waals surface area contributed by atoms with Crippen LogP contribution in [0.15, 0.2) is 66.7 Å². The van der Waals surface area contributed by atoms with Crippen molar-refractivity contribution in [2.45, 2.75) is 50.1 Å². The van der Waals surface area contributed by atoms with Crippen LogP contribution in [-0.2, 0) is 30.4 Å². The average molecular weight is 739 g/mol. The molecule has 3 aromatic rings. The maximum absolute atomic E-state index is 13.8. The number of nitrogens with one attached hydrogen (secondary N) is 1. The summed E-state index contributed by atoms with van der Waals surface area (Å²) >= 11 is 0. The van der Waals surface area contributed by atoms with Crippen molar-refractivity contribution in [3.05, 3.63) is 93.8 Å². The van der Waals surface area contributed by atoms with Gasteiger partial charge in [0.05, 0.1) is 44.7 Å². The number of halogens is 1. The van der Waals surface area contributed by atoms with E-state index < -0.39 is 17.3 Å². The van der Waals surface area contributed by atoms with Crippen LogP contribution in [0.4, 0.5) is 20.6 Å². The molecule has 286 valence electrons. The van der Waals surface area contributed by atoms with Gasteiger partial charge in [-0.1, -0.05) is 24.3 Å². The van der Waals surface area contributed by atoms with Gasteiger partial charge in [-0.15, -0.1) is 10.1 Å². The lowest BCUT2D eigenvalue weighted by Crippen LogP contribution is -2.51. The van der Waals surface area contributed by atoms with E-state index in [9.17, 15) is 19.3 Å². The number of piperidine rings is 1. The van der Waals surface area contributed by atoms with E-state index in [2.05, 4.69) is 26.0 Å². The molecule has 0 spiro atoms. The molecule has 0 aromatic heterocycles. The van der Waals surface area contributed by atoms with Gasteiger partial charge in [0.15, 0.2) is 0 Å². The van der Waals surface area contributed by atoms with Gasteiger partial charge in [0.1, 0.15) is 36.1 Å². The van der Waals surface area contributed by atoms with E-state index in [4.69, 9.17) is 28.4 Å². The molecular weight excluding hydrogens is 691 g/mol. The highest BCUT2D eigenvalue weighted by atomic mass is 19.1. The number of rotatable bonds is 17. The van der Waals surface area contributed by atoms with Crippen LogP contribution in [0.2, 0.25) is 0 Å². The number of ether oxygens (including phenoxy) is 6. The summed E-state index contributed by atoms with van der Waals surface area (Å²) in [6.07, 6.45) is -0.0904. The summed E-state index contributed by atoms with van der Waals surface area (Å²) in [6, 6.07) is 20.4. The number of hydrogen-bond donors (Lipinski definition) is 1. The van der Waals surface area contributed by atoms with Crippen LogP contribution < -0.4 is 24.6 Å². The van der Waals surface area contributed by atoms with Gasteiger partial charge in [0.2, 0.25) is 0 Å². The zero-order valence-corrected chi connectivity index (χ0v) is 29.9. The SMILES string of the molecule is COCCCN1CCOc2ccc(COC3CNCC(OC(=O)OCCCO[N+](=O)[O-])C3c3ccc(OC4CCN(c5cccc(F)c5)C4)cc3)cc21. The lowest BCUT2D eigenvalue weighted by Gasteiger charge is -2.38. The lowest BCUT2D eigenvalue weighted by atomic mass is 9.85. The Balaban J connectivity index is 1.13. The highest BCUT2D eigenvalue weighted by Gasteiger charge is 2.38. The fourth-order valence-electron chi connectivity index (χ4n) is 7.02. The van der Waals surface area contributed by atoms with Crippen LogP contribution in [0.3, 0.4) is 0 Å². The van der Waals surface area contributed by atoms with Crippen LogP contribution in [0.25, 0.3) is 0 Å². The first kappa shape index (κ1) is 37.9. The summed E-state index contributed by atoms with van der Waals surface area (Å²) in [6.45, 7) is 5.28. The number of fused-ring (bicyclic) bond motifs is 1. The Labute approximate surface area is 308 Å². The third kappa shape index (κ3) is 10.6. The number of carbonyl (C=O) groups excluding carboxylic acids is 1. The van der Waals surface area contributed by atoms with Gasteiger partial charge in [-0.3, -0.25) is 0 Å². The summed E-state index contributed by atoms with van der Waals surface area (Å²) in [4.78, 5) is 31.9. The van der Waals surface area contributed by atoms with Gasteiger partial charge < -0.3 is 48.4 Å². The van der Waals surface area contributed by atoms with Crippen molar-refractivity contribution in [3.63, 3.8) is 0 Å². The summed E-state index contributed by atoms with van der Waals surface area (Å²) in [5.41, 5.74) is 3.74. The van der Waals surface area contributed by atoms with Crippen molar-refractivity contribution in [1.29, 1.82) is 0 Å². The van der Waals surface area contributed by atoms with Gasteiger partial charge >= 0.3 is 6.16 Å². The van der Waals surface area contributed by atoms with Crippen molar-refractivity contribution in [2.75, 3.05) is 82.6 Å². The largest absolute Gasteiger partial charge is 0.508 e. The molecule has 2 fully saturated rings. The van der Waals surface area contributed by atoms with Gasteiger partial charge in [-0.05, 0) is 60.0 Å². The van der Waals surface area contributed by atoms with Crippen LogP contribution in [0, 0.1) is 15.9 Å². The van der Waals surface area contributed by atoms with Crippen molar-refractivity contribution in [2.24, 2.45) is 0 Å². The molecule has 15 heteroatoms. The lowest BCUT2D eigenvalue weighted by molar-refractivity contribution is -0.757. The molecule has 6 rings (SSSR count). The fourth-order valence-corrected chi connectivity index (χ4v) is 7.02. The smallest absolute Gasteiger partial charge is 0.490 e. The van der Waals surface area contributed by atoms with E-state index in [0.717, 1.165) is 60.7 Å². The molecule has 0 bridgehead atoms. The molecule has 2 saturated heterocycles. The number of carbonyl (C=O) groups is 1. The van der Waals surface area contributed by atoms with E-state index >= 15 is 0 Å². The van der Waals surface area contributed by atoms with E-state index in [1.807, 2.05) is 42.5 Å². The van der Waals surface area contributed by atoms with Gasteiger partial charge in [-0.25, -0.2) is 9.18 Å². The number of anilines is 2. The minimum atomic E-state index is -0.889. The van der Waals surface area contributed by atoms with E-state index in [0.29, 0.717) is 45.2 Å². The molecular formula is C38H47FN4O10. The van der Waals surface area contributed by atoms with E-state index in [-0.39, 0.29) is 43.6 Å². The zero-order valence-electron chi connectivity index (χ0n) is 29.9. The first-order chi connectivity index (χ1) is 25.9. The second-order valence-electron chi connectivity index (χ2n) is 13.2. The fraction of sp³-hybridized carbons (Fsp3) is 0.500. The first-order valence-corrected chi connectivity index (χ1v) is 18.1. The van der Waals surface area contributed by atoms with E-state index in [1.165, 1.54) is 12.1 Å². The number of hydrogen-bond acceptors (Lipinski definition) is 13. The van der Waals surface area contributed by atoms with Gasteiger partial charge in [-0.2, -0.15) is 0 Å². The molecule has 4 atom stereocenters. The second-order valence-corrected chi connectivity index (χ2v) is 13.2. The first-order valence-electron chi connectivity index (χ1n) is 18.1. The Morgan fingerprint density at radius 2 is 1.87 bits per heavy atom. The normalized spacial score (nSPS) is 21.0. The standard InChI is InChI=1S/C38H47FN4O10/c1-47-17-3-14-41-16-20-48-34-12-7-27(21-33(34)41)26-50-35-23-40-24-36(53-38(44)49-18-4-19-51-43(45)46)37(35)28-8-10-31(11-9-28)52-32-13-15-42(25-32)30-6-2-5-29(39)22-30/h2,5-12,21-22,32,35-37,40H,3-4,13-20,23-26H2,1H3. The Bertz CT molecular complexity index is 1650. The number of nitrogens with zero attached hydrogens (tertiary/aromatic N) is 3. The minimum Gasteiger partial charge on any atom is -0.490 e. The number of benzene rings is 3. The Morgan fingerprint density at radius 1 is 1.02 bits per heavy atom. The summed E-state index contributed by atoms with van der Waals surface area (Å²) < 4.78 is 48.9. The van der Waals surface area contributed by atoms with Crippen LogP contribution >= 0.6 is 0 Å². The predicted octanol–water partition coefficient (Wildman–Crippen LogP) is 5.11. The number of methoxy groups -OCH3 is 1. The molecule has 0 radical (unpaired) electrons. The Kier molecular flexibility index (Phi) is 13.4. The van der Waals surface area contributed by atoms with E-state index in [1.54, 1.807) is 13.2 Å². The monoisotopic (exact) mass is 738 g/mol. The summed E-state index contributed by atoms with van der Waals surface area (Å²) in [7, 11) is 1.70. The molecule has 0 aliphatic carbocycles. The predicted molar refractivity (Wildman–Crippen MR) is 193 cm³/mol. The quantitative estimate of drug-likeness (QED) is 0.0849. The molecule has 3 heterocycles. The molecule has 14 nitrogen and oxygen atoms in total. The minimum absolute atomic E-state index is 0.0568. The molecule has 1 N–H and O–H groups in total.